The molecule has 1 N–H and O–H groups in total. The number of benzene rings is 1. The van der Waals surface area contributed by atoms with Crippen molar-refractivity contribution < 1.29 is 39.3 Å². The molecule has 1 unspecified atom stereocenters. The van der Waals surface area contributed by atoms with Gasteiger partial charge in [-0.05, 0) is 11.6 Å². The van der Waals surface area contributed by atoms with E-state index in [9.17, 15) is 29.8 Å². The maximum Gasteiger partial charge on any atom is 0.339 e. The van der Waals surface area contributed by atoms with Crippen molar-refractivity contribution in [3.63, 3.8) is 0 Å². The molecule has 0 aliphatic carbocycles. The normalized spacial score (nSPS) is 11.2. The number of carbonyl (C=O) groups excluding carboxylic acids is 1. The lowest BCUT2D eigenvalue weighted by molar-refractivity contribution is -0.789. The predicted octanol–water partition coefficient (Wildman–Crippen LogP) is 0.638. The Bertz CT molecular complexity index is 659. The smallest absolute Gasteiger partial charge is 0.339 e. The number of nitrogens with zero attached hydrogens (tertiary/aromatic N) is 2. The first-order chi connectivity index (χ1) is 11.2. The number of hydrogen-bond acceptors (Lipinski definition) is 9. The van der Waals surface area contributed by atoms with Gasteiger partial charge in [0.2, 0.25) is 0 Å². The van der Waals surface area contributed by atoms with Crippen LogP contribution in [-0.2, 0) is 20.9 Å². The zero-order valence-electron chi connectivity index (χ0n) is 12.2. The van der Waals surface area contributed by atoms with Crippen molar-refractivity contribution in [2.75, 3.05) is 6.61 Å². The summed E-state index contributed by atoms with van der Waals surface area (Å²) in [5.74, 6) is -2.52. The first-order valence-corrected chi connectivity index (χ1v) is 6.32. The highest BCUT2D eigenvalue weighted by Gasteiger charge is 2.23. The minimum absolute atomic E-state index is 0.0731. The Labute approximate surface area is 133 Å². The predicted molar refractivity (Wildman–Crippen MR) is 73.2 cm³/mol. The van der Waals surface area contributed by atoms with Crippen LogP contribution in [0.25, 0.3) is 0 Å². The summed E-state index contributed by atoms with van der Waals surface area (Å²) in [5, 5.41) is 27.5. The van der Waals surface area contributed by atoms with Crippen molar-refractivity contribution in [1.82, 2.24) is 0 Å². The van der Waals surface area contributed by atoms with Crippen molar-refractivity contribution in [3.8, 4) is 5.75 Å². The number of carboxylic acid groups (broad SMARTS) is 1. The molecule has 0 heterocycles. The summed E-state index contributed by atoms with van der Waals surface area (Å²) in [4.78, 5) is 51.3. The molecule has 12 nitrogen and oxygen atoms in total. The van der Waals surface area contributed by atoms with Gasteiger partial charge in [-0.2, -0.15) is 0 Å². The van der Waals surface area contributed by atoms with Gasteiger partial charge in [-0.3, -0.25) is 4.79 Å². The van der Waals surface area contributed by atoms with Crippen molar-refractivity contribution in [1.29, 1.82) is 0 Å². The van der Waals surface area contributed by atoms with Gasteiger partial charge in [0.15, 0.2) is 0 Å². The van der Waals surface area contributed by atoms with Gasteiger partial charge in [0.05, 0.1) is 0 Å². The number of esters is 1. The van der Waals surface area contributed by atoms with Gasteiger partial charge in [0, 0.05) is 13.3 Å². The molecule has 0 aliphatic heterocycles. The van der Waals surface area contributed by atoms with E-state index in [2.05, 4.69) is 9.68 Å². The van der Waals surface area contributed by atoms with Crippen molar-refractivity contribution in [3.05, 3.63) is 49.6 Å². The summed E-state index contributed by atoms with van der Waals surface area (Å²) < 4.78 is 4.85. The zero-order valence-corrected chi connectivity index (χ0v) is 12.2. The second-order valence-corrected chi connectivity index (χ2v) is 4.37. The van der Waals surface area contributed by atoms with E-state index in [1.807, 2.05) is 0 Å². The summed E-state index contributed by atoms with van der Waals surface area (Å²) in [6.07, 6.45) is -1.78. The van der Waals surface area contributed by atoms with Gasteiger partial charge < -0.3 is 19.5 Å². The van der Waals surface area contributed by atoms with E-state index >= 15 is 0 Å². The molecule has 1 aromatic rings. The monoisotopic (exact) mass is 344 g/mol. The van der Waals surface area contributed by atoms with E-state index in [1.54, 1.807) is 0 Å². The molecule has 1 aromatic carbocycles. The van der Waals surface area contributed by atoms with Crippen molar-refractivity contribution >= 4 is 11.9 Å². The summed E-state index contributed by atoms with van der Waals surface area (Å²) in [5.41, 5.74) is -0.276. The second kappa shape index (κ2) is 8.26. The fourth-order valence-corrected chi connectivity index (χ4v) is 1.82. The number of rotatable bonds is 9. The molecular weight excluding hydrogens is 332 g/mol. The molecule has 0 amide bonds. The maximum absolute atomic E-state index is 11.2. The number of ether oxygens (including phenoxy) is 1. The van der Waals surface area contributed by atoms with Crippen LogP contribution in [0.4, 0.5) is 0 Å². The van der Waals surface area contributed by atoms with Crippen LogP contribution >= 0.6 is 0 Å². The molecule has 0 aromatic heterocycles. The van der Waals surface area contributed by atoms with Crippen molar-refractivity contribution in [2.24, 2.45) is 0 Å². The van der Waals surface area contributed by atoms with Crippen LogP contribution in [0.15, 0.2) is 18.2 Å². The molecule has 0 spiro atoms. The van der Waals surface area contributed by atoms with E-state index in [4.69, 9.17) is 9.84 Å². The molecule has 0 saturated carbocycles. The number of carboxylic acids is 1. The summed E-state index contributed by atoms with van der Waals surface area (Å²) >= 11 is 0. The molecule has 24 heavy (non-hydrogen) atoms. The fraction of sp³-hybridized carbons (Fsp3) is 0.333. The van der Waals surface area contributed by atoms with Crippen LogP contribution in [0.1, 0.15) is 22.8 Å². The van der Waals surface area contributed by atoms with E-state index in [0.717, 1.165) is 6.92 Å². The number of para-hydroxylation sites is 1. The lowest BCUT2D eigenvalue weighted by atomic mass is 10.0. The van der Waals surface area contributed by atoms with Crippen LogP contribution in [0.3, 0.4) is 0 Å². The van der Waals surface area contributed by atoms with E-state index in [-0.39, 0.29) is 23.3 Å². The third-order valence-corrected chi connectivity index (χ3v) is 2.62. The molecule has 130 valence electrons. The number of carbonyl (C=O) groups is 2. The van der Waals surface area contributed by atoms with Gasteiger partial charge >= 0.3 is 11.9 Å². The van der Waals surface area contributed by atoms with Gasteiger partial charge in [0.1, 0.15) is 24.0 Å². The Balaban J connectivity index is 3.13. The Kier molecular flexibility index (Phi) is 6.40. The Morgan fingerprint density at radius 1 is 1.25 bits per heavy atom. The molecule has 0 bridgehead atoms. The Morgan fingerprint density at radius 2 is 1.92 bits per heavy atom. The summed E-state index contributed by atoms with van der Waals surface area (Å²) in [6, 6.07) is 3.83. The largest absolute Gasteiger partial charge is 0.478 e. The van der Waals surface area contributed by atoms with Gasteiger partial charge in [-0.1, -0.05) is 12.1 Å². The van der Waals surface area contributed by atoms with Gasteiger partial charge in [-0.25, -0.2) is 4.79 Å². The second-order valence-electron chi connectivity index (χ2n) is 4.37. The lowest BCUT2D eigenvalue weighted by Crippen LogP contribution is -2.27. The molecule has 0 fully saturated rings. The SMILES string of the molecule is CC(=O)Oc1c(CC(CO[N+](=O)[O-])O[N+](=O)[O-])cccc1C(=O)O. The van der Waals surface area contributed by atoms with E-state index in [1.165, 1.54) is 18.2 Å². The molecule has 0 aliphatic rings. The van der Waals surface area contributed by atoms with Crippen LogP contribution in [-0.4, -0.2) is 39.9 Å². The summed E-state index contributed by atoms with van der Waals surface area (Å²) in [6.45, 7) is 0.272. The topological polar surface area (TPSA) is 168 Å². The van der Waals surface area contributed by atoms with E-state index < -0.39 is 34.8 Å². The van der Waals surface area contributed by atoms with Crippen LogP contribution < -0.4 is 4.74 Å². The van der Waals surface area contributed by atoms with Gasteiger partial charge in [0.25, 0.3) is 10.2 Å². The van der Waals surface area contributed by atoms with Crippen molar-refractivity contribution in [2.45, 2.75) is 19.4 Å². The third kappa shape index (κ3) is 5.75. The molecule has 1 atom stereocenters. The first kappa shape index (κ1) is 18.6. The Hall–Kier alpha value is -3.44. The highest BCUT2D eigenvalue weighted by Crippen LogP contribution is 2.26. The van der Waals surface area contributed by atoms with Crippen LogP contribution in [0.2, 0.25) is 0 Å². The number of hydrogen-bond donors (Lipinski definition) is 1. The Morgan fingerprint density at radius 3 is 2.42 bits per heavy atom. The van der Waals surface area contributed by atoms with Crippen LogP contribution in [0.5, 0.6) is 5.75 Å². The molecule has 0 saturated heterocycles. The minimum Gasteiger partial charge on any atom is -0.478 e. The lowest BCUT2D eigenvalue weighted by Gasteiger charge is -2.17. The molecule has 1 rings (SSSR count). The highest BCUT2D eigenvalue weighted by atomic mass is 17.0. The number of aromatic carboxylic acids is 1. The fourth-order valence-electron chi connectivity index (χ4n) is 1.82. The standard InChI is InChI=1S/C12H12N2O10/c1-7(15)23-11-8(3-2-4-10(11)12(16)17)5-9(24-14(20)21)6-22-13(18)19/h2-4,9H,5-6H2,1H3,(H,16,17). The highest BCUT2D eigenvalue weighted by molar-refractivity contribution is 5.92. The minimum atomic E-state index is -1.41. The molecule has 12 heteroatoms. The molecule has 0 radical (unpaired) electrons. The maximum atomic E-state index is 11.2. The third-order valence-electron chi connectivity index (χ3n) is 2.62. The quantitative estimate of drug-likeness (QED) is 0.290. The molecular formula is C12H12N2O10. The van der Waals surface area contributed by atoms with Crippen LogP contribution in [0, 0.1) is 20.2 Å². The average molecular weight is 344 g/mol. The summed E-state index contributed by atoms with van der Waals surface area (Å²) in [7, 11) is 0. The van der Waals surface area contributed by atoms with Gasteiger partial charge in [-0.15, -0.1) is 20.2 Å². The zero-order chi connectivity index (χ0) is 18.3. The first-order valence-electron chi connectivity index (χ1n) is 6.32. The average Bonchev–Trinajstić information content (AvgIpc) is 2.45. The van der Waals surface area contributed by atoms with E-state index in [0.29, 0.717) is 0 Å².